The molecule has 21 heavy (non-hydrogen) atoms. The number of nitrogens with two attached hydrogens (primary N) is 1. The van der Waals surface area contributed by atoms with Crippen LogP contribution in [0.1, 0.15) is 0 Å². The highest BCUT2D eigenvalue weighted by Crippen LogP contribution is 2.21. The van der Waals surface area contributed by atoms with Gasteiger partial charge in [0.2, 0.25) is 10.0 Å². The Kier molecular flexibility index (Phi) is 3.89. The Hall–Kier alpha value is -1.55. The van der Waals surface area contributed by atoms with Crippen molar-refractivity contribution in [2.45, 2.75) is 11.4 Å². The van der Waals surface area contributed by atoms with Crippen molar-refractivity contribution < 1.29 is 13.2 Å². The normalized spacial score (nSPS) is 17.4. The molecule has 0 radical (unpaired) electrons. The molecule has 0 bridgehead atoms. The molecule has 3 rings (SSSR count). The van der Waals surface area contributed by atoms with Gasteiger partial charge >= 0.3 is 0 Å². The number of fused-ring (bicyclic) bond motifs is 1. The summed E-state index contributed by atoms with van der Waals surface area (Å²) < 4.78 is 33.4. The Morgan fingerprint density at radius 3 is 2.76 bits per heavy atom. The second kappa shape index (κ2) is 5.68. The second-order valence-corrected chi connectivity index (χ2v) is 6.71. The van der Waals surface area contributed by atoms with Crippen molar-refractivity contribution in [3.8, 4) is 0 Å². The lowest BCUT2D eigenvalue weighted by molar-refractivity contribution is 0.0730. The Bertz CT molecular complexity index is 736. The number of ether oxygens (including phenoxy) is 1. The molecular formula is C12H17N5O3S. The molecule has 1 aromatic carbocycles. The Morgan fingerprint density at radius 1 is 1.29 bits per heavy atom. The summed E-state index contributed by atoms with van der Waals surface area (Å²) in [6.07, 6.45) is 0. The molecule has 0 aliphatic carbocycles. The van der Waals surface area contributed by atoms with Crippen LogP contribution >= 0.6 is 0 Å². The number of aromatic nitrogens is 3. The summed E-state index contributed by atoms with van der Waals surface area (Å²) in [6, 6.07) is 4.86. The lowest BCUT2D eigenvalue weighted by atomic mass is 10.3. The van der Waals surface area contributed by atoms with E-state index in [9.17, 15) is 8.42 Å². The SMILES string of the molecule is NCCn1nnc2cc(S(=O)(=O)N3CCOCC3)ccc21. The number of benzene rings is 1. The van der Waals surface area contributed by atoms with Crippen LogP contribution in [0.3, 0.4) is 0 Å². The van der Waals surface area contributed by atoms with Crippen LogP contribution in [0, 0.1) is 0 Å². The zero-order chi connectivity index (χ0) is 14.9. The minimum absolute atomic E-state index is 0.233. The van der Waals surface area contributed by atoms with Crippen molar-refractivity contribution in [2.24, 2.45) is 5.73 Å². The van der Waals surface area contributed by atoms with Crippen LogP contribution in [0.4, 0.5) is 0 Å². The summed E-state index contributed by atoms with van der Waals surface area (Å²) in [6.45, 7) is 2.60. The van der Waals surface area contributed by atoms with Gasteiger partial charge in [0.1, 0.15) is 5.52 Å². The van der Waals surface area contributed by atoms with Gasteiger partial charge in [0, 0.05) is 19.6 Å². The molecule has 0 saturated carbocycles. The first-order valence-corrected chi connectivity index (χ1v) is 8.18. The van der Waals surface area contributed by atoms with Gasteiger partial charge in [0.05, 0.1) is 30.2 Å². The van der Waals surface area contributed by atoms with Crippen LogP contribution in [-0.4, -0.2) is 60.6 Å². The third-order valence-electron chi connectivity index (χ3n) is 3.43. The van der Waals surface area contributed by atoms with Gasteiger partial charge in [-0.3, -0.25) is 0 Å². The van der Waals surface area contributed by atoms with Crippen LogP contribution in [0.5, 0.6) is 0 Å². The van der Waals surface area contributed by atoms with E-state index in [1.165, 1.54) is 4.31 Å². The predicted molar refractivity (Wildman–Crippen MR) is 76.2 cm³/mol. The fourth-order valence-electron chi connectivity index (χ4n) is 2.34. The van der Waals surface area contributed by atoms with Gasteiger partial charge in [-0.15, -0.1) is 5.10 Å². The maximum atomic E-state index is 12.6. The van der Waals surface area contributed by atoms with E-state index in [2.05, 4.69) is 10.3 Å². The van der Waals surface area contributed by atoms with Gasteiger partial charge in [-0.2, -0.15) is 4.31 Å². The molecule has 2 aromatic rings. The molecule has 1 aliphatic rings. The van der Waals surface area contributed by atoms with Gasteiger partial charge in [-0.25, -0.2) is 13.1 Å². The van der Waals surface area contributed by atoms with E-state index < -0.39 is 10.0 Å². The topological polar surface area (TPSA) is 103 Å². The Morgan fingerprint density at radius 2 is 2.05 bits per heavy atom. The number of hydrogen-bond donors (Lipinski definition) is 1. The lowest BCUT2D eigenvalue weighted by Gasteiger charge is -2.25. The van der Waals surface area contributed by atoms with Crippen molar-refractivity contribution in [3.63, 3.8) is 0 Å². The van der Waals surface area contributed by atoms with E-state index in [4.69, 9.17) is 10.5 Å². The number of nitrogens with zero attached hydrogens (tertiary/aromatic N) is 4. The zero-order valence-electron chi connectivity index (χ0n) is 11.5. The number of rotatable bonds is 4. The first-order chi connectivity index (χ1) is 10.1. The van der Waals surface area contributed by atoms with Crippen LogP contribution in [0.2, 0.25) is 0 Å². The summed E-state index contributed by atoms with van der Waals surface area (Å²) >= 11 is 0. The molecule has 0 unspecified atom stereocenters. The molecule has 8 nitrogen and oxygen atoms in total. The molecule has 2 heterocycles. The molecule has 0 atom stereocenters. The standard InChI is InChI=1S/C12H17N5O3S/c13-3-4-17-12-2-1-10(9-11(12)14-15-17)21(18,19)16-5-7-20-8-6-16/h1-2,9H,3-8,13H2. The van der Waals surface area contributed by atoms with Crippen LogP contribution in [-0.2, 0) is 21.3 Å². The Labute approximate surface area is 122 Å². The summed E-state index contributed by atoms with van der Waals surface area (Å²) in [7, 11) is -3.50. The van der Waals surface area contributed by atoms with Gasteiger partial charge in [-0.1, -0.05) is 5.21 Å². The first-order valence-electron chi connectivity index (χ1n) is 6.74. The highest BCUT2D eigenvalue weighted by atomic mass is 32.2. The summed E-state index contributed by atoms with van der Waals surface area (Å²) in [5.41, 5.74) is 6.84. The molecule has 1 aromatic heterocycles. The first kappa shape index (κ1) is 14.4. The average Bonchev–Trinajstić information content (AvgIpc) is 2.91. The molecule has 1 aliphatic heterocycles. The molecule has 1 fully saturated rings. The number of sulfonamides is 1. The maximum Gasteiger partial charge on any atom is 0.243 e. The largest absolute Gasteiger partial charge is 0.379 e. The minimum Gasteiger partial charge on any atom is -0.379 e. The van der Waals surface area contributed by atoms with Crippen molar-refractivity contribution in [3.05, 3.63) is 18.2 Å². The number of morpholine rings is 1. The fourth-order valence-corrected chi connectivity index (χ4v) is 3.76. The second-order valence-electron chi connectivity index (χ2n) is 4.77. The molecular weight excluding hydrogens is 294 g/mol. The van der Waals surface area contributed by atoms with Crippen molar-refractivity contribution in [1.82, 2.24) is 19.3 Å². The van der Waals surface area contributed by atoms with Gasteiger partial charge < -0.3 is 10.5 Å². The Balaban J connectivity index is 1.96. The third-order valence-corrected chi connectivity index (χ3v) is 5.33. The molecule has 2 N–H and O–H groups in total. The summed E-state index contributed by atoms with van der Waals surface area (Å²) in [5.74, 6) is 0. The van der Waals surface area contributed by atoms with E-state index in [-0.39, 0.29) is 4.90 Å². The lowest BCUT2D eigenvalue weighted by Crippen LogP contribution is -2.40. The molecule has 1 saturated heterocycles. The van der Waals surface area contributed by atoms with Crippen LogP contribution in [0.15, 0.2) is 23.1 Å². The fraction of sp³-hybridized carbons (Fsp3) is 0.500. The van der Waals surface area contributed by atoms with Crippen molar-refractivity contribution in [1.29, 1.82) is 0 Å². The van der Waals surface area contributed by atoms with Crippen LogP contribution in [0.25, 0.3) is 11.0 Å². The van der Waals surface area contributed by atoms with E-state index in [0.717, 1.165) is 5.52 Å². The van der Waals surface area contributed by atoms with Crippen molar-refractivity contribution >= 4 is 21.1 Å². The maximum absolute atomic E-state index is 12.6. The molecule has 114 valence electrons. The van der Waals surface area contributed by atoms with E-state index in [0.29, 0.717) is 44.9 Å². The van der Waals surface area contributed by atoms with Gasteiger partial charge in [-0.05, 0) is 18.2 Å². The summed E-state index contributed by atoms with van der Waals surface area (Å²) in [4.78, 5) is 0.233. The number of hydrogen-bond acceptors (Lipinski definition) is 6. The molecule has 9 heteroatoms. The monoisotopic (exact) mass is 311 g/mol. The zero-order valence-corrected chi connectivity index (χ0v) is 12.3. The third kappa shape index (κ3) is 2.64. The minimum atomic E-state index is -3.50. The molecule has 0 spiro atoms. The van der Waals surface area contributed by atoms with Gasteiger partial charge in [0.15, 0.2) is 0 Å². The highest BCUT2D eigenvalue weighted by molar-refractivity contribution is 7.89. The smallest absolute Gasteiger partial charge is 0.243 e. The van der Waals surface area contributed by atoms with Gasteiger partial charge in [0.25, 0.3) is 0 Å². The van der Waals surface area contributed by atoms with E-state index >= 15 is 0 Å². The van der Waals surface area contributed by atoms with E-state index in [1.54, 1.807) is 22.9 Å². The molecule has 0 amide bonds. The average molecular weight is 311 g/mol. The summed E-state index contributed by atoms with van der Waals surface area (Å²) in [5, 5.41) is 7.99. The highest BCUT2D eigenvalue weighted by Gasteiger charge is 2.26. The predicted octanol–water partition coefficient (Wildman–Crippen LogP) is -0.589. The van der Waals surface area contributed by atoms with Crippen LogP contribution < -0.4 is 5.73 Å². The van der Waals surface area contributed by atoms with Crippen molar-refractivity contribution in [2.75, 3.05) is 32.8 Å². The van der Waals surface area contributed by atoms with E-state index in [1.807, 2.05) is 0 Å². The quantitative estimate of drug-likeness (QED) is 0.809.